The van der Waals surface area contributed by atoms with Crippen molar-refractivity contribution in [1.82, 2.24) is 24.6 Å². The minimum Gasteiger partial charge on any atom is -0.323 e. The molecule has 0 bridgehead atoms. The maximum Gasteiger partial charge on any atom is 0.153 e. The molecule has 0 saturated heterocycles. The fraction of sp³-hybridized carbons (Fsp3) is 0.286. The number of hydrogen-bond donors (Lipinski definition) is 1. The third kappa shape index (κ3) is 3.39. The van der Waals surface area contributed by atoms with Crippen molar-refractivity contribution in [3.8, 4) is 0 Å². The zero-order valence-corrected chi connectivity index (χ0v) is 16.6. The topological polar surface area (TPSA) is 58.9 Å². The molecule has 0 spiro atoms. The van der Waals surface area contributed by atoms with Gasteiger partial charge in [0.25, 0.3) is 0 Å². The molecule has 3 aromatic heterocycles. The number of hydrogen-bond acceptors (Lipinski definition) is 6. The molecule has 1 N–H and O–H groups in total. The van der Waals surface area contributed by atoms with Crippen LogP contribution in [0.1, 0.15) is 24.2 Å². The zero-order valence-electron chi connectivity index (χ0n) is 15.7. The summed E-state index contributed by atoms with van der Waals surface area (Å²) < 4.78 is 3.38. The van der Waals surface area contributed by atoms with E-state index in [9.17, 15) is 0 Å². The van der Waals surface area contributed by atoms with Crippen LogP contribution < -0.4 is 5.32 Å². The molecule has 0 saturated carbocycles. The summed E-state index contributed by atoms with van der Waals surface area (Å²) in [4.78, 5) is 11.3. The Labute approximate surface area is 167 Å². The van der Waals surface area contributed by atoms with Crippen LogP contribution in [-0.4, -0.2) is 37.7 Å². The molecule has 1 aliphatic heterocycles. The van der Waals surface area contributed by atoms with E-state index in [1.165, 1.54) is 16.0 Å². The summed E-state index contributed by atoms with van der Waals surface area (Å²) in [5.74, 6) is 1.69. The molecule has 1 atom stereocenters. The molecule has 142 valence electrons. The van der Waals surface area contributed by atoms with Crippen LogP contribution in [0.4, 0.5) is 11.6 Å². The Morgan fingerprint density at radius 3 is 2.89 bits per heavy atom. The number of nitrogens with zero attached hydrogens (tertiary/aromatic N) is 5. The quantitative estimate of drug-likeness (QED) is 0.564. The second-order valence-electron chi connectivity index (χ2n) is 7.13. The fourth-order valence-electron chi connectivity index (χ4n) is 3.81. The van der Waals surface area contributed by atoms with E-state index in [-0.39, 0.29) is 0 Å². The molecule has 1 aliphatic rings. The average Bonchev–Trinajstić information content (AvgIpc) is 3.30. The van der Waals surface area contributed by atoms with Crippen molar-refractivity contribution in [3.63, 3.8) is 0 Å². The molecule has 4 aromatic rings. The first-order chi connectivity index (χ1) is 13.8. The van der Waals surface area contributed by atoms with E-state index in [0.717, 1.165) is 43.2 Å². The molecule has 1 unspecified atom stereocenters. The Balaban J connectivity index is 1.29. The molecule has 28 heavy (non-hydrogen) atoms. The largest absolute Gasteiger partial charge is 0.323 e. The van der Waals surface area contributed by atoms with Gasteiger partial charge >= 0.3 is 0 Å². The predicted molar refractivity (Wildman–Crippen MR) is 113 cm³/mol. The highest BCUT2D eigenvalue weighted by Crippen LogP contribution is 2.27. The van der Waals surface area contributed by atoms with E-state index < -0.39 is 0 Å². The summed E-state index contributed by atoms with van der Waals surface area (Å²) in [6, 6.07) is 15.0. The van der Waals surface area contributed by atoms with Gasteiger partial charge < -0.3 is 5.32 Å². The molecule has 4 heterocycles. The first kappa shape index (κ1) is 17.3. The van der Waals surface area contributed by atoms with Gasteiger partial charge in [-0.25, -0.2) is 9.97 Å². The van der Waals surface area contributed by atoms with Crippen LogP contribution in [-0.2, 0) is 13.0 Å². The van der Waals surface area contributed by atoms with Gasteiger partial charge in [0.1, 0.15) is 5.82 Å². The SMILES string of the molecule is CC(c1ccc2scnc2c1)N1CCc2cc(Nc3ccccn3)nn2CC1. The van der Waals surface area contributed by atoms with E-state index in [1.807, 2.05) is 23.7 Å². The molecule has 0 amide bonds. The molecule has 7 heteroatoms. The highest BCUT2D eigenvalue weighted by molar-refractivity contribution is 7.16. The first-order valence-electron chi connectivity index (χ1n) is 9.58. The molecule has 0 radical (unpaired) electrons. The number of aromatic nitrogens is 4. The summed E-state index contributed by atoms with van der Waals surface area (Å²) in [5, 5.41) is 8.03. The van der Waals surface area contributed by atoms with Crippen LogP contribution in [0.5, 0.6) is 0 Å². The lowest BCUT2D eigenvalue weighted by molar-refractivity contribution is 0.214. The van der Waals surface area contributed by atoms with Gasteiger partial charge in [-0.05, 0) is 36.8 Å². The number of thiazole rings is 1. The summed E-state index contributed by atoms with van der Waals surface area (Å²) in [6.45, 7) is 5.18. The minimum atomic E-state index is 0.363. The number of fused-ring (bicyclic) bond motifs is 2. The lowest BCUT2D eigenvalue weighted by atomic mass is 10.1. The molecule has 1 aromatic carbocycles. The second kappa shape index (κ2) is 7.33. The molecule has 0 aliphatic carbocycles. The van der Waals surface area contributed by atoms with Crippen molar-refractivity contribution in [2.45, 2.75) is 25.9 Å². The molecule has 0 fully saturated rings. The molecule has 5 rings (SSSR count). The Bertz CT molecular complexity index is 1060. The van der Waals surface area contributed by atoms with Gasteiger partial charge in [0.15, 0.2) is 5.82 Å². The van der Waals surface area contributed by atoms with Gasteiger partial charge in [-0.2, -0.15) is 5.10 Å². The van der Waals surface area contributed by atoms with Gasteiger partial charge in [-0.15, -0.1) is 11.3 Å². The number of pyridine rings is 1. The highest BCUT2D eigenvalue weighted by Gasteiger charge is 2.21. The Hall–Kier alpha value is -2.77. The molecule has 6 nitrogen and oxygen atoms in total. The van der Waals surface area contributed by atoms with Crippen LogP contribution in [0.2, 0.25) is 0 Å². The normalized spacial score (nSPS) is 15.9. The maximum absolute atomic E-state index is 4.74. The Kier molecular flexibility index (Phi) is 4.54. The fourth-order valence-corrected chi connectivity index (χ4v) is 4.46. The van der Waals surface area contributed by atoms with Crippen molar-refractivity contribution < 1.29 is 0 Å². The van der Waals surface area contributed by atoms with Gasteiger partial charge in [0.05, 0.1) is 22.3 Å². The Morgan fingerprint density at radius 2 is 2.00 bits per heavy atom. The zero-order chi connectivity index (χ0) is 18.9. The maximum atomic E-state index is 4.74. The van der Waals surface area contributed by atoms with Crippen LogP contribution in [0.25, 0.3) is 10.2 Å². The van der Waals surface area contributed by atoms with Crippen LogP contribution >= 0.6 is 11.3 Å². The highest BCUT2D eigenvalue weighted by atomic mass is 32.1. The predicted octanol–water partition coefficient (Wildman–Crippen LogP) is 4.25. The van der Waals surface area contributed by atoms with Crippen molar-refractivity contribution >= 4 is 33.2 Å². The van der Waals surface area contributed by atoms with Gasteiger partial charge in [-0.3, -0.25) is 9.58 Å². The van der Waals surface area contributed by atoms with E-state index in [2.05, 4.69) is 56.1 Å². The van der Waals surface area contributed by atoms with Crippen LogP contribution in [0.3, 0.4) is 0 Å². The standard InChI is InChI=1S/C21H22N6S/c1-15(16-5-6-19-18(12-16)23-14-28-19)26-9-7-17-13-21(25-27(17)11-10-26)24-20-4-2-3-8-22-20/h2-6,8,12-15H,7,9-11H2,1H3,(H,22,24,25). The van der Waals surface area contributed by atoms with Crippen molar-refractivity contribution in [2.24, 2.45) is 0 Å². The number of anilines is 2. The summed E-state index contributed by atoms with van der Waals surface area (Å²) in [7, 11) is 0. The number of benzene rings is 1. The third-order valence-electron chi connectivity index (χ3n) is 5.42. The van der Waals surface area contributed by atoms with E-state index >= 15 is 0 Å². The van der Waals surface area contributed by atoms with Gasteiger partial charge in [0.2, 0.25) is 0 Å². The minimum absolute atomic E-state index is 0.363. The van der Waals surface area contributed by atoms with Crippen molar-refractivity contribution in [1.29, 1.82) is 0 Å². The van der Waals surface area contributed by atoms with Gasteiger partial charge in [0, 0.05) is 43.5 Å². The van der Waals surface area contributed by atoms with Gasteiger partial charge in [-0.1, -0.05) is 12.1 Å². The lowest BCUT2D eigenvalue weighted by Crippen LogP contribution is -2.30. The molecular formula is C21H22N6S. The van der Waals surface area contributed by atoms with Crippen LogP contribution in [0, 0.1) is 0 Å². The summed E-state index contributed by atoms with van der Waals surface area (Å²) >= 11 is 1.69. The Morgan fingerprint density at radius 1 is 1.04 bits per heavy atom. The monoisotopic (exact) mass is 390 g/mol. The third-order valence-corrected chi connectivity index (χ3v) is 6.23. The van der Waals surface area contributed by atoms with E-state index in [0.29, 0.717) is 6.04 Å². The van der Waals surface area contributed by atoms with E-state index in [4.69, 9.17) is 5.10 Å². The molecular weight excluding hydrogens is 368 g/mol. The smallest absolute Gasteiger partial charge is 0.153 e. The first-order valence-corrected chi connectivity index (χ1v) is 10.5. The lowest BCUT2D eigenvalue weighted by Gasteiger charge is -2.27. The number of rotatable bonds is 4. The van der Waals surface area contributed by atoms with E-state index in [1.54, 1.807) is 17.5 Å². The van der Waals surface area contributed by atoms with Crippen molar-refractivity contribution in [2.75, 3.05) is 18.4 Å². The summed E-state index contributed by atoms with van der Waals surface area (Å²) in [5.41, 5.74) is 5.61. The second-order valence-corrected chi connectivity index (χ2v) is 8.01. The number of nitrogens with one attached hydrogen (secondary N) is 1. The van der Waals surface area contributed by atoms with Crippen LogP contribution in [0.15, 0.2) is 54.2 Å². The van der Waals surface area contributed by atoms with Crippen molar-refractivity contribution in [3.05, 3.63) is 65.4 Å². The summed E-state index contributed by atoms with van der Waals surface area (Å²) in [6.07, 6.45) is 2.77. The average molecular weight is 391 g/mol.